The second kappa shape index (κ2) is 5.32. The molecule has 0 bridgehead atoms. The minimum atomic E-state index is -0.554. The van der Waals surface area contributed by atoms with Gasteiger partial charge in [-0.05, 0) is 25.1 Å². The number of nitro groups is 1. The van der Waals surface area contributed by atoms with Gasteiger partial charge in [0.25, 0.3) is 5.69 Å². The Balaban J connectivity index is 2.34. The lowest BCUT2D eigenvalue weighted by molar-refractivity contribution is -0.385. The number of hydrogen-bond donors (Lipinski definition) is 0. The molecular weight excluding hydrogens is 265 g/mol. The molecule has 0 unspecified atom stereocenters. The van der Waals surface area contributed by atoms with Crippen molar-refractivity contribution in [2.75, 3.05) is 0 Å². The van der Waals surface area contributed by atoms with Gasteiger partial charge in [0.1, 0.15) is 23.8 Å². The van der Waals surface area contributed by atoms with Gasteiger partial charge in [-0.1, -0.05) is 0 Å². The fraction of sp³-hybridized carbons (Fsp3) is 0.0769. The third-order valence-electron chi connectivity index (χ3n) is 2.53. The summed E-state index contributed by atoms with van der Waals surface area (Å²) < 4.78 is 18.3. The number of hydrogen-bond acceptors (Lipinski definition) is 5. The molecule has 0 saturated carbocycles. The zero-order valence-corrected chi connectivity index (χ0v) is 10.3. The quantitative estimate of drug-likeness (QED) is 0.633. The van der Waals surface area contributed by atoms with Crippen LogP contribution < -0.4 is 4.74 Å². The van der Waals surface area contributed by atoms with E-state index in [1.54, 1.807) is 13.0 Å². The first-order valence-corrected chi connectivity index (χ1v) is 5.50. The molecule has 0 aliphatic carbocycles. The molecule has 0 spiro atoms. The predicted molar refractivity (Wildman–Crippen MR) is 66.8 cm³/mol. The minimum Gasteiger partial charge on any atom is -0.438 e. The van der Waals surface area contributed by atoms with Crippen LogP contribution >= 0.6 is 0 Å². The Bertz CT molecular complexity index is 725. The highest BCUT2D eigenvalue weighted by Gasteiger charge is 2.13. The molecule has 0 radical (unpaired) electrons. The molecule has 0 aliphatic heterocycles. The van der Waals surface area contributed by atoms with Crippen LogP contribution in [-0.2, 0) is 0 Å². The molecule has 0 saturated heterocycles. The van der Waals surface area contributed by atoms with Crippen molar-refractivity contribution in [3.8, 4) is 17.7 Å². The predicted octanol–water partition coefficient (Wildman–Crippen LogP) is 3.10. The second-order valence-corrected chi connectivity index (χ2v) is 3.92. The first kappa shape index (κ1) is 13.4. The van der Waals surface area contributed by atoms with E-state index in [4.69, 9.17) is 10.00 Å². The summed E-state index contributed by atoms with van der Waals surface area (Å²) in [5, 5.41) is 19.6. The summed E-state index contributed by atoms with van der Waals surface area (Å²) in [6.07, 6.45) is 1.07. The number of pyridine rings is 1. The van der Waals surface area contributed by atoms with Crippen LogP contribution in [0.1, 0.15) is 11.1 Å². The summed E-state index contributed by atoms with van der Waals surface area (Å²) in [5.41, 5.74) is 0.264. The molecule has 6 nitrogen and oxygen atoms in total. The molecule has 0 aliphatic rings. The van der Waals surface area contributed by atoms with Crippen molar-refractivity contribution < 1.29 is 14.1 Å². The van der Waals surface area contributed by atoms with Gasteiger partial charge in [-0.3, -0.25) is 10.1 Å². The Morgan fingerprint density at radius 1 is 1.45 bits per heavy atom. The van der Waals surface area contributed by atoms with Gasteiger partial charge in [-0.15, -0.1) is 0 Å². The average Bonchev–Trinajstić information content (AvgIpc) is 2.40. The van der Waals surface area contributed by atoms with Crippen molar-refractivity contribution >= 4 is 5.69 Å². The molecule has 1 heterocycles. The Labute approximate surface area is 113 Å². The summed E-state index contributed by atoms with van der Waals surface area (Å²) in [6, 6.07) is 6.66. The monoisotopic (exact) mass is 273 g/mol. The van der Waals surface area contributed by atoms with Gasteiger partial charge >= 0.3 is 0 Å². The Hall–Kier alpha value is -3.01. The number of nitriles is 1. The first-order valence-electron chi connectivity index (χ1n) is 5.50. The van der Waals surface area contributed by atoms with Gasteiger partial charge in [0.2, 0.25) is 5.88 Å². The van der Waals surface area contributed by atoms with Gasteiger partial charge in [-0.25, -0.2) is 9.37 Å². The highest BCUT2D eigenvalue weighted by molar-refractivity contribution is 5.46. The highest BCUT2D eigenvalue weighted by Crippen LogP contribution is 2.27. The largest absolute Gasteiger partial charge is 0.438 e. The summed E-state index contributed by atoms with van der Waals surface area (Å²) in [7, 11) is 0. The SMILES string of the molecule is Cc1cc(Oc2ccc(F)cc2C#N)ncc1[N+](=O)[O-]. The average molecular weight is 273 g/mol. The maximum atomic E-state index is 13.0. The lowest BCUT2D eigenvalue weighted by atomic mass is 10.2. The fourth-order valence-electron chi connectivity index (χ4n) is 1.56. The normalized spacial score (nSPS) is 9.85. The molecule has 2 aromatic rings. The number of aromatic nitrogens is 1. The van der Waals surface area contributed by atoms with E-state index in [-0.39, 0.29) is 22.9 Å². The molecular formula is C13H8FN3O3. The van der Waals surface area contributed by atoms with E-state index in [2.05, 4.69) is 4.98 Å². The van der Waals surface area contributed by atoms with Crippen LogP contribution in [0.3, 0.4) is 0 Å². The Morgan fingerprint density at radius 2 is 2.20 bits per heavy atom. The van der Waals surface area contributed by atoms with Crippen molar-refractivity contribution in [1.29, 1.82) is 5.26 Å². The number of benzene rings is 1. The van der Waals surface area contributed by atoms with Crippen molar-refractivity contribution in [3.05, 3.63) is 57.5 Å². The Kier molecular flexibility index (Phi) is 3.57. The van der Waals surface area contributed by atoms with Crippen LogP contribution in [0, 0.1) is 34.2 Å². The van der Waals surface area contributed by atoms with Crippen LogP contribution in [0.25, 0.3) is 0 Å². The maximum Gasteiger partial charge on any atom is 0.290 e. The third kappa shape index (κ3) is 2.70. The zero-order chi connectivity index (χ0) is 14.7. The van der Waals surface area contributed by atoms with E-state index in [0.717, 1.165) is 18.3 Å². The van der Waals surface area contributed by atoms with E-state index >= 15 is 0 Å². The summed E-state index contributed by atoms with van der Waals surface area (Å²) >= 11 is 0. The van der Waals surface area contributed by atoms with E-state index in [9.17, 15) is 14.5 Å². The molecule has 0 atom stereocenters. The van der Waals surface area contributed by atoms with Crippen LogP contribution in [0.4, 0.5) is 10.1 Å². The first-order chi connectivity index (χ1) is 9.51. The van der Waals surface area contributed by atoms with Crippen LogP contribution in [0.15, 0.2) is 30.5 Å². The van der Waals surface area contributed by atoms with E-state index in [0.29, 0.717) is 5.56 Å². The summed E-state index contributed by atoms with van der Waals surface area (Å²) in [6.45, 7) is 1.54. The topological polar surface area (TPSA) is 89.0 Å². The summed E-state index contributed by atoms with van der Waals surface area (Å²) in [4.78, 5) is 13.9. The zero-order valence-electron chi connectivity index (χ0n) is 10.3. The van der Waals surface area contributed by atoms with E-state index in [1.165, 1.54) is 12.1 Å². The van der Waals surface area contributed by atoms with Gasteiger partial charge < -0.3 is 4.74 Å². The molecule has 0 amide bonds. The van der Waals surface area contributed by atoms with Gasteiger partial charge in [0.15, 0.2) is 0 Å². The van der Waals surface area contributed by atoms with Crippen molar-refractivity contribution in [3.63, 3.8) is 0 Å². The third-order valence-corrected chi connectivity index (χ3v) is 2.53. The number of nitrogens with zero attached hydrogens (tertiary/aromatic N) is 3. The van der Waals surface area contributed by atoms with Crippen LogP contribution in [-0.4, -0.2) is 9.91 Å². The van der Waals surface area contributed by atoms with Crippen LogP contribution in [0.2, 0.25) is 0 Å². The molecule has 100 valence electrons. The fourth-order valence-corrected chi connectivity index (χ4v) is 1.56. The van der Waals surface area contributed by atoms with Gasteiger partial charge in [0, 0.05) is 11.6 Å². The van der Waals surface area contributed by atoms with Gasteiger partial charge in [0.05, 0.1) is 10.5 Å². The smallest absolute Gasteiger partial charge is 0.290 e. The second-order valence-electron chi connectivity index (χ2n) is 3.92. The maximum absolute atomic E-state index is 13.0. The highest BCUT2D eigenvalue weighted by atomic mass is 19.1. The molecule has 0 N–H and O–H groups in total. The minimum absolute atomic E-state index is 0.0165. The number of ether oxygens (including phenoxy) is 1. The molecule has 2 rings (SSSR count). The number of rotatable bonds is 3. The van der Waals surface area contributed by atoms with Crippen molar-refractivity contribution in [1.82, 2.24) is 4.98 Å². The molecule has 20 heavy (non-hydrogen) atoms. The lowest BCUT2D eigenvalue weighted by Crippen LogP contribution is -1.96. The van der Waals surface area contributed by atoms with Gasteiger partial charge in [-0.2, -0.15) is 5.26 Å². The molecule has 7 heteroatoms. The standard InChI is InChI=1S/C13H8FN3O3/c1-8-4-13(16-7-11(8)17(18)19)20-12-3-2-10(14)5-9(12)6-15/h2-5,7H,1H3. The van der Waals surface area contributed by atoms with Crippen molar-refractivity contribution in [2.45, 2.75) is 6.92 Å². The lowest BCUT2D eigenvalue weighted by Gasteiger charge is -2.07. The number of halogens is 1. The van der Waals surface area contributed by atoms with Crippen molar-refractivity contribution in [2.24, 2.45) is 0 Å². The van der Waals surface area contributed by atoms with Crippen LogP contribution in [0.5, 0.6) is 11.6 Å². The Morgan fingerprint density at radius 3 is 2.80 bits per heavy atom. The number of aryl methyl sites for hydroxylation is 1. The summed E-state index contributed by atoms with van der Waals surface area (Å²) in [5.74, 6) is -0.326. The molecule has 1 aromatic carbocycles. The van der Waals surface area contributed by atoms with E-state index < -0.39 is 10.7 Å². The van der Waals surface area contributed by atoms with E-state index in [1.807, 2.05) is 0 Å². The molecule has 1 aromatic heterocycles. The molecule has 0 fully saturated rings.